The van der Waals surface area contributed by atoms with Gasteiger partial charge in [-0.3, -0.25) is 0 Å². The maximum absolute atomic E-state index is 12.3. The first-order valence-corrected chi connectivity index (χ1v) is 8.82. The molecule has 108 valence electrons. The maximum Gasteiger partial charge on any atom is 0.252 e. The van der Waals surface area contributed by atoms with Gasteiger partial charge < -0.3 is 10.6 Å². The summed E-state index contributed by atoms with van der Waals surface area (Å²) in [5.41, 5.74) is 6.39. The average molecular weight is 303 g/mol. The highest BCUT2D eigenvalue weighted by atomic mass is 32.2. The highest BCUT2D eigenvalue weighted by Crippen LogP contribution is 2.23. The highest BCUT2D eigenvalue weighted by molar-refractivity contribution is 7.91. The van der Waals surface area contributed by atoms with Gasteiger partial charge in [-0.2, -0.15) is 4.31 Å². The van der Waals surface area contributed by atoms with E-state index in [1.807, 2.05) is 0 Å². The van der Waals surface area contributed by atoms with E-state index in [0.717, 1.165) is 25.2 Å². The Kier molecular flexibility index (Phi) is 4.97. The van der Waals surface area contributed by atoms with Crippen molar-refractivity contribution in [3.05, 3.63) is 17.0 Å². The number of thiophene rings is 1. The van der Waals surface area contributed by atoms with Gasteiger partial charge in [-0.05, 0) is 42.9 Å². The first-order valence-electron chi connectivity index (χ1n) is 6.50. The standard InChI is InChI=1S/C12H21N3O2S2/c1-14(6-7-15-4-2-3-5-15)19(16,17)12-8-11(9-13)10-18-12/h8,10H,2-7,9,13H2,1H3. The third kappa shape index (κ3) is 3.55. The van der Waals surface area contributed by atoms with Crippen molar-refractivity contribution in [1.82, 2.24) is 9.21 Å². The first-order chi connectivity index (χ1) is 9.04. The molecule has 1 saturated heterocycles. The molecule has 19 heavy (non-hydrogen) atoms. The number of likely N-dealkylation sites (N-methyl/N-ethyl adjacent to an activating group) is 1. The number of hydrogen-bond acceptors (Lipinski definition) is 5. The molecule has 2 N–H and O–H groups in total. The second-order valence-corrected chi connectivity index (χ2v) is 8.04. The quantitative estimate of drug-likeness (QED) is 0.849. The number of sulfonamides is 1. The summed E-state index contributed by atoms with van der Waals surface area (Å²) in [5, 5.41) is 1.81. The van der Waals surface area contributed by atoms with Crippen molar-refractivity contribution >= 4 is 21.4 Å². The summed E-state index contributed by atoms with van der Waals surface area (Å²) in [5.74, 6) is 0. The molecule has 1 aliphatic rings. The van der Waals surface area contributed by atoms with Gasteiger partial charge in [-0.15, -0.1) is 11.3 Å². The van der Waals surface area contributed by atoms with E-state index in [-0.39, 0.29) is 0 Å². The summed E-state index contributed by atoms with van der Waals surface area (Å²) in [6, 6.07) is 1.67. The van der Waals surface area contributed by atoms with Crippen molar-refractivity contribution in [3.63, 3.8) is 0 Å². The third-order valence-corrected chi connectivity index (χ3v) is 6.78. The molecular formula is C12H21N3O2S2. The lowest BCUT2D eigenvalue weighted by atomic mass is 10.4. The smallest absolute Gasteiger partial charge is 0.252 e. The van der Waals surface area contributed by atoms with E-state index < -0.39 is 10.0 Å². The molecule has 0 aromatic carbocycles. The fourth-order valence-corrected chi connectivity index (χ4v) is 4.75. The molecule has 0 atom stereocenters. The number of nitrogens with two attached hydrogens (primary N) is 1. The van der Waals surface area contributed by atoms with E-state index in [0.29, 0.717) is 17.3 Å². The molecule has 0 amide bonds. The Labute approximate surface area is 119 Å². The molecule has 1 aromatic heterocycles. The molecule has 7 heteroatoms. The minimum absolute atomic E-state index is 0.378. The number of rotatable bonds is 6. The Bertz CT molecular complexity index is 507. The molecule has 0 unspecified atom stereocenters. The maximum atomic E-state index is 12.3. The van der Waals surface area contributed by atoms with Crippen LogP contribution in [0.4, 0.5) is 0 Å². The lowest BCUT2D eigenvalue weighted by molar-refractivity contribution is 0.310. The van der Waals surface area contributed by atoms with Gasteiger partial charge in [-0.25, -0.2) is 8.42 Å². The molecule has 0 aliphatic carbocycles. The van der Waals surface area contributed by atoms with Crippen LogP contribution in [0, 0.1) is 0 Å². The zero-order valence-electron chi connectivity index (χ0n) is 11.2. The molecule has 1 aromatic rings. The van der Waals surface area contributed by atoms with E-state index in [2.05, 4.69) is 4.90 Å². The predicted molar refractivity (Wildman–Crippen MR) is 77.7 cm³/mol. The molecule has 1 fully saturated rings. The van der Waals surface area contributed by atoms with Crippen LogP contribution >= 0.6 is 11.3 Å². The van der Waals surface area contributed by atoms with E-state index in [4.69, 9.17) is 5.73 Å². The molecule has 5 nitrogen and oxygen atoms in total. The Hall–Kier alpha value is -0.470. The van der Waals surface area contributed by atoms with E-state index in [1.54, 1.807) is 18.5 Å². The van der Waals surface area contributed by atoms with Crippen molar-refractivity contribution in [2.45, 2.75) is 23.6 Å². The van der Waals surface area contributed by atoms with Crippen LogP contribution in [0.1, 0.15) is 18.4 Å². The SMILES string of the molecule is CN(CCN1CCCC1)S(=O)(=O)c1cc(CN)cs1. The monoisotopic (exact) mass is 303 g/mol. The minimum Gasteiger partial charge on any atom is -0.326 e. The first kappa shape index (κ1) is 14.9. The normalized spacial score (nSPS) is 17.4. The van der Waals surface area contributed by atoms with Crippen molar-refractivity contribution in [2.24, 2.45) is 5.73 Å². The summed E-state index contributed by atoms with van der Waals surface area (Å²) in [6.07, 6.45) is 2.45. The highest BCUT2D eigenvalue weighted by Gasteiger charge is 2.23. The van der Waals surface area contributed by atoms with Crippen LogP contribution in [-0.2, 0) is 16.6 Å². The van der Waals surface area contributed by atoms with Crippen LogP contribution in [-0.4, -0.2) is 50.8 Å². The van der Waals surface area contributed by atoms with Crippen LogP contribution in [0.3, 0.4) is 0 Å². The van der Waals surface area contributed by atoms with Gasteiger partial charge >= 0.3 is 0 Å². The van der Waals surface area contributed by atoms with Crippen LogP contribution in [0.15, 0.2) is 15.7 Å². The summed E-state index contributed by atoms with van der Waals surface area (Å²) < 4.78 is 26.5. The zero-order valence-corrected chi connectivity index (χ0v) is 12.8. The fourth-order valence-electron chi connectivity index (χ4n) is 2.16. The molecule has 0 radical (unpaired) electrons. The van der Waals surface area contributed by atoms with Gasteiger partial charge in [0.15, 0.2) is 0 Å². The van der Waals surface area contributed by atoms with Crippen molar-refractivity contribution < 1.29 is 8.42 Å². The topological polar surface area (TPSA) is 66.6 Å². The van der Waals surface area contributed by atoms with Crippen LogP contribution in [0.25, 0.3) is 0 Å². The van der Waals surface area contributed by atoms with Crippen LogP contribution < -0.4 is 5.73 Å². The molecule has 0 bridgehead atoms. The summed E-state index contributed by atoms with van der Waals surface area (Å²) in [4.78, 5) is 2.31. The molecule has 2 heterocycles. The third-order valence-electron chi connectivity index (χ3n) is 3.46. The van der Waals surface area contributed by atoms with Gasteiger partial charge in [0, 0.05) is 26.7 Å². The van der Waals surface area contributed by atoms with Gasteiger partial charge in [0.1, 0.15) is 4.21 Å². The molecule has 2 rings (SSSR count). The van der Waals surface area contributed by atoms with E-state index in [1.165, 1.54) is 28.5 Å². The number of nitrogens with zero attached hydrogens (tertiary/aromatic N) is 2. The number of hydrogen-bond donors (Lipinski definition) is 1. The Balaban J connectivity index is 1.97. The van der Waals surface area contributed by atoms with E-state index in [9.17, 15) is 8.42 Å². The van der Waals surface area contributed by atoms with Crippen LogP contribution in [0.5, 0.6) is 0 Å². The van der Waals surface area contributed by atoms with Crippen molar-refractivity contribution in [3.8, 4) is 0 Å². The summed E-state index contributed by atoms with van der Waals surface area (Å²) >= 11 is 1.24. The Morgan fingerprint density at radius 3 is 2.68 bits per heavy atom. The Morgan fingerprint density at radius 2 is 2.11 bits per heavy atom. The van der Waals surface area contributed by atoms with E-state index >= 15 is 0 Å². The van der Waals surface area contributed by atoms with Gasteiger partial charge in [0.05, 0.1) is 0 Å². The zero-order chi connectivity index (χ0) is 13.9. The van der Waals surface area contributed by atoms with Crippen LogP contribution in [0.2, 0.25) is 0 Å². The number of likely N-dealkylation sites (tertiary alicyclic amines) is 1. The van der Waals surface area contributed by atoms with Gasteiger partial charge in [0.25, 0.3) is 10.0 Å². The van der Waals surface area contributed by atoms with Crippen molar-refractivity contribution in [1.29, 1.82) is 0 Å². The lowest BCUT2D eigenvalue weighted by Gasteiger charge is -2.20. The second-order valence-electron chi connectivity index (χ2n) is 4.85. The summed E-state index contributed by atoms with van der Waals surface area (Å²) in [7, 11) is -1.70. The van der Waals surface area contributed by atoms with Crippen molar-refractivity contribution in [2.75, 3.05) is 33.2 Å². The predicted octanol–water partition coefficient (Wildman–Crippen LogP) is 0.923. The molecule has 1 aliphatic heterocycles. The second kappa shape index (κ2) is 6.32. The minimum atomic E-state index is -3.35. The average Bonchev–Trinajstić information content (AvgIpc) is 3.06. The molecular weight excluding hydrogens is 282 g/mol. The van der Waals surface area contributed by atoms with Gasteiger partial charge in [0.2, 0.25) is 0 Å². The molecule has 0 saturated carbocycles. The molecule has 0 spiro atoms. The summed E-state index contributed by atoms with van der Waals surface area (Å²) in [6.45, 7) is 3.90. The fraction of sp³-hybridized carbons (Fsp3) is 0.667. The lowest BCUT2D eigenvalue weighted by Crippen LogP contribution is -2.34. The van der Waals surface area contributed by atoms with Gasteiger partial charge in [-0.1, -0.05) is 0 Å². The Morgan fingerprint density at radius 1 is 1.42 bits per heavy atom. The largest absolute Gasteiger partial charge is 0.326 e.